The molecule has 0 radical (unpaired) electrons. The van der Waals surface area contributed by atoms with Crippen LogP contribution in [0.2, 0.25) is 5.02 Å². The number of rotatable bonds is 6. The number of morpholine rings is 1. The van der Waals surface area contributed by atoms with Crippen molar-refractivity contribution in [2.45, 2.75) is 18.4 Å². The molecule has 3 atom stereocenters. The van der Waals surface area contributed by atoms with E-state index in [1.54, 1.807) is 12.1 Å². The quantitative estimate of drug-likeness (QED) is 0.755. The number of aliphatic hydroxyl groups excluding tert-OH is 1. The minimum atomic E-state index is -0.580. The van der Waals surface area contributed by atoms with Gasteiger partial charge in [0.25, 0.3) is 0 Å². The van der Waals surface area contributed by atoms with Crippen LogP contribution in [0, 0.1) is 11.7 Å². The topological polar surface area (TPSA) is 61.8 Å². The van der Waals surface area contributed by atoms with E-state index in [4.69, 9.17) is 16.3 Å². The summed E-state index contributed by atoms with van der Waals surface area (Å²) in [6.07, 6.45) is 0.757. The number of nitrogens with one attached hydrogen (secondary N) is 1. The number of hydrogen-bond acceptors (Lipinski definition) is 4. The number of nitrogens with zero attached hydrogens (tertiary/aromatic N) is 1. The number of hydrogen-bond donors (Lipinski definition) is 2. The molecule has 1 aliphatic carbocycles. The molecule has 0 spiro atoms. The van der Waals surface area contributed by atoms with Crippen LogP contribution in [-0.4, -0.2) is 43.9 Å². The number of benzene rings is 2. The lowest BCUT2D eigenvalue weighted by Crippen LogP contribution is -2.37. The molecule has 2 aliphatic rings. The normalized spacial score (nSPS) is 22.2. The van der Waals surface area contributed by atoms with Crippen LogP contribution in [0.25, 0.3) is 0 Å². The Morgan fingerprint density at radius 1 is 1.28 bits per heavy atom. The average Bonchev–Trinajstić information content (AvgIpc) is 3.54. The minimum Gasteiger partial charge on any atom is -0.394 e. The number of carbonyl (C=O) groups excluding carboxylic acids is 1. The summed E-state index contributed by atoms with van der Waals surface area (Å²) in [4.78, 5) is 14.6. The van der Waals surface area contributed by atoms with E-state index in [9.17, 15) is 14.3 Å². The smallest absolute Gasteiger partial charge is 0.224 e. The fourth-order valence-electron chi connectivity index (χ4n) is 3.90. The molecular formula is C22H24ClFN2O3. The van der Waals surface area contributed by atoms with Gasteiger partial charge in [-0.05, 0) is 47.7 Å². The van der Waals surface area contributed by atoms with Crippen LogP contribution in [0.15, 0.2) is 42.5 Å². The lowest BCUT2D eigenvalue weighted by molar-refractivity contribution is -0.123. The number of aliphatic hydroxyl groups is 1. The molecule has 1 amide bonds. The molecule has 2 N–H and O–H groups in total. The van der Waals surface area contributed by atoms with E-state index in [1.165, 1.54) is 6.07 Å². The fraction of sp³-hybridized carbons (Fsp3) is 0.409. The maximum absolute atomic E-state index is 14.4. The second-order valence-electron chi connectivity index (χ2n) is 7.56. The number of halogens is 2. The standard InChI is InChI=1S/C22H24ClFN2O3/c23-16-3-1-2-14(10-16)17-12-18(17)22(28)25-20(13-27)15-4-5-19(24)21(11-15)26-6-8-29-9-7-26/h1-5,10-11,17-18,20,27H,6-9,12-13H2,(H,25,28)/t17?,18?,20-/m0/s1. The molecule has 1 saturated carbocycles. The first kappa shape index (κ1) is 20.1. The molecule has 1 aliphatic heterocycles. The molecule has 154 valence electrons. The molecule has 7 heteroatoms. The van der Waals surface area contributed by atoms with E-state index in [0.717, 1.165) is 12.0 Å². The Kier molecular flexibility index (Phi) is 6.04. The van der Waals surface area contributed by atoms with Crippen molar-refractivity contribution in [2.24, 2.45) is 5.92 Å². The summed E-state index contributed by atoms with van der Waals surface area (Å²) in [5.41, 5.74) is 2.21. The van der Waals surface area contributed by atoms with Crippen molar-refractivity contribution in [3.63, 3.8) is 0 Å². The second kappa shape index (κ2) is 8.69. The molecule has 29 heavy (non-hydrogen) atoms. The van der Waals surface area contributed by atoms with E-state index in [1.807, 2.05) is 29.2 Å². The fourth-order valence-corrected chi connectivity index (χ4v) is 4.10. The van der Waals surface area contributed by atoms with Gasteiger partial charge in [0.05, 0.1) is 31.5 Å². The van der Waals surface area contributed by atoms with Crippen LogP contribution in [0.5, 0.6) is 0 Å². The van der Waals surface area contributed by atoms with Gasteiger partial charge in [0.15, 0.2) is 0 Å². The van der Waals surface area contributed by atoms with E-state index in [2.05, 4.69) is 5.32 Å². The van der Waals surface area contributed by atoms with Gasteiger partial charge in [-0.1, -0.05) is 29.8 Å². The van der Waals surface area contributed by atoms with Crippen LogP contribution < -0.4 is 10.2 Å². The Bertz CT molecular complexity index is 888. The monoisotopic (exact) mass is 418 g/mol. The molecule has 0 bridgehead atoms. The summed E-state index contributed by atoms with van der Waals surface area (Å²) < 4.78 is 19.7. The zero-order valence-corrected chi connectivity index (χ0v) is 16.7. The Morgan fingerprint density at radius 3 is 2.79 bits per heavy atom. The zero-order chi connectivity index (χ0) is 20.4. The minimum absolute atomic E-state index is 0.105. The molecule has 2 fully saturated rings. The van der Waals surface area contributed by atoms with E-state index in [-0.39, 0.29) is 30.2 Å². The first-order valence-corrected chi connectivity index (χ1v) is 10.2. The predicted octanol–water partition coefficient (Wildman–Crippen LogP) is 3.27. The number of carbonyl (C=O) groups is 1. The van der Waals surface area contributed by atoms with Gasteiger partial charge in [0.2, 0.25) is 5.91 Å². The van der Waals surface area contributed by atoms with Gasteiger partial charge in [-0.15, -0.1) is 0 Å². The predicted molar refractivity (Wildman–Crippen MR) is 110 cm³/mol. The number of amides is 1. The highest BCUT2D eigenvalue weighted by atomic mass is 35.5. The van der Waals surface area contributed by atoms with Crippen molar-refractivity contribution in [1.29, 1.82) is 0 Å². The highest BCUT2D eigenvalue weighted by Crippen LogP contribution is 2.48. The van der Waals surface area contributed by atoms with E-state index < -0.39 is 6.04 Å². The summed E-state index contributed by atoms with van der Waals surface area (Å²) in [6, 6.07) is 11.7. The molecule has 1 saturated heterocycles. The first-order chi connectivity index (χ1) is 14.1. The van der Waals surface area contributed by atoms with Gasteiger partial charge in [-0.25, -0.2) is 4.39 Å². The largest absolute Gasteiger partial charge is 0.394 e. The maximum Gasteiger partial charge on any atom is 0.224 e. The van der Waals surface area contributed by atoms with Crippen molar-refractivity contribution in [3.05, 3.63) is 64.4 Å². The molecule has 2 unspecified atom stereocenters. The summed E-state index contributed by atoms with van der Waals surface area (Å²) in [6.45, 7) is 2.07. The van der Waals surface area contributed by atoms with E-state index in [0.29, 0.717) is 42.6 Å². The molecule has 1 heterocycles. The molecular weight excluding hydrogens is 395 g/mol. The van der Waals surface area contributed by atoms with Gasteiger partial charge in [-0.2, -0.15) is 0 Å². The Hall–Kier alpha value is -2.15. The molecule has 2 aromatic rings. The maximum atomic E-state index is 14.4. The Morgan fingerprint density at radius 2 is 2.07 bits per heavy atom. The van der Waals surface area contributed by atoms with Crippen LogP contribution in [0.3, 0.4) is 0 Å². The van der Waals surface area contributed by atoms with Crippen molar-refractivity contribution in [2.75, 3.05) is 37.8 Å². The summed E-state index contributed by atoms with van der Waals surface area (Å²) in [5, 5.41) is 13.4. The lowest BCUT2D eigenvalue weighted by atomic mass is 10.0. The van der Waals surface area contributed by atoms with Crippen LogP contribution >= 0.6 is 11.6 Å². The zero-order valence-electron chi connectivity index (χ0n) is 16.0. The van der Waals surface area contributed by atoms with Crippen LogP contribution in [0.1, 0.15) is 29.5 Å². The lowest BCUT2D eigenvalue weighted by Gasteiger charge is -2.30. The van der Waals surface area contributed by atoms with Crippen molar-refractivity contribution >= 4 is 23.2 Å². The first-order valence-electron chi connectivity index (χ1n) is 9.85. The third-order valence-electron chi connectivity index (χ3n) is 5.63. The molecule has 4 rings (SSSR count). The average molecular weight is 419 g/mol. The summed E-state index contributed by atoms with van der Waals surface area (Å²) >= 11 is 6.05. The molecule has 0 aromatic heterocycles. The number of ether oxygens (including phenoxy) is 1. The summed E-state index contributed by atoms with van der Waals surface area (Å²) in [5.74, 6) is -0.417. The SMILES string of the molecule is O=C(N[C@@H](CO)c1ccc(F)c(N2CCOCC2)c1)C1CC1c1cccc(Cl)c1. The molecule has 5 nitrogen and oxygen atoms in total. The highest BCUT2D eigenvalue weighted by Gasteiger charge is 2.44. The van der Waals surface area contributed by atoms with Gasteiger partial charge in [0.1, 0.15) is 5.82 Å². The van der Waals surface area contributed by atoms with Crippen LogP contribution in [0.4, 0.5) is 10.1 Å². The van der Waals surface area contributed by atoms with Gasteiger partial charge >= 0.3 is 0 Å². The summed E-state index contributed by atoms with van der Waals surface area (Å²) in [7, 11) is 0. The van der Waals surface area contributed by atoms with Crippen molar-refractivity contribution in [3.8, 4) is 0 Å². The second-order valence-corrected chi connectivity index (χ2v) is 7.99. The number of anilines is 1. The van der Waals surface area contributed by atoms with Gasteiger partial charge < -0.3 is 20.1 Å². The van der Waals surface area contributed by atoms with E-state index >= 15 is 0 Å². The molecule has 2 aromatic carbocycles. The van der Waals surface area contributed by atoms with Gasteiger partial charge in [0, 0.05) is 24.0 Å². The third kappa shape index (κ3) is 4.55. The highest BCUT2D eigenvalue weighted by molar-refractivity contribution is 6.30. The van der Waals surface area contributed by atoms with Crippen molar-refractivity contribution in [1.82, 2.24) is 5.32 Å². The third-order valence-corrected chi connectivity index (χ3v) is 5.86. The van der Waals surface area contributed by atoms with Crippen molar-refractivity contribution < 1.29 is 19.0 Å². The Labute approximate surface area is 174 Å². The Balaban J connectivity index is 1.45. The van der Waals surface area contributed by atoms with Gasteiger partial charge in [-0.3, -0.25) is 4.79 Å². The van der Waals surface area contributed by atoms with Crippen LogP contribution in [-0.2, 0) is 9.53 Å².